The molecule has 2 N–H and O–H groups in total. The lowest BCUT2D eigenvalue weighted by Crippen LogP contribution is -2.24. The van der Waals surface area contributed by atoms with Crippen molar-refractivity contribution in [1.82, 2.24) is 10.3 Å². The average molecular weight is 491 g/mol. The molecule has 190 valence electrons. The Morgan fingerprint density at radius 1 is 1.08 bits per heavy atom. The number of amides is 1. The van der Waals surface area contributed by atoms with Gasteiger partial charge in [0.25, 0.3) is 5.91 Å². The topological polar surface area (TPSA) is 102 Å². The summed E-state index contributed by atoms with van der Waals surface area (Å²) in [6.07, 6.45) is 6.86. The van der Waals surface area contributed by atoms with Crippen molar-refractivity contribution in [2.24, 2.45) is 0 Å². The van der Waals surface area contributed by atoms with Crippen LogP contribution in [0, 0.1) is 6.92 Å². The van der Waals surface area contributed by atoms with E-state index in [9.17, 15) is 9.59 Å². The largest absolute Gasteiger partial charge is 0.493 e. The van der Waals surface area contributed by atoms with Crippen molar-refractivity contribution >= 4 is 11.9 Å². The molecule has 36 heavy (non-hydrogen) atoms. The number of carbonyl (C=O) groups is 2. The van der Waals surface area contributed by atoms with Gasteiger partial charge in [-0.1, -0.05) is 55.7 Å². The first-order valence-corrected chi connectivity index (χ1v) is 12.8. The average Bonchev–Trinajstić information content (AvgIpc) is 3.27. The molecule has 0 atom stereocenters. The lowest BCUT2D eigenvalue weighted by atomic mass is 9.89. The number of rotatable bonds is 11. The maximum Gasteiger partial charge on any atom is 0.303 e. The smallest absolute Gasteiger partial charge is 0.303 e. The molecule has 0 unspecified atom stereocenters. The molecule has 2 aromatic carbocycles. The Morgan fingerprint density at radius 3 is 2.61 bits per heavy atom. The third-order valence-corrected chi connectivity index (χ3v) is 6.70. The highest BCUT2D eigenvalue weighted by Gasteiger charge is 2.22. The van der Waals surface area contributed by atoms with Gasteiger partial charge < -0.3 is 19.6 Å². The minimum atomic E-state index is -0.901. The minimum Gasteiger partial charge on any atom is -0.493 e. The van der Waals surface area contributed by atoms with Crippen molar-refractivity contribution in [3.05, 3.63) is 82.6 Å². The second kappa shape index (κ2) is 12.4. The van der Waals surface area contributed by atoms with Crippen LogP contribution in [0.3, 0.4) is 0 Å². The Morgan fingerprint density at radius 2 is 1.86 bits per heavy atom. The predicted molar refractivity (Wildman–Crippen MR) is 136 cm³/mol. The molecule has 1 aromatic heterocycles. The van der Waals surface area contributed by atoms with Gasteiger partial charge in [0.1, 0.15) is 11.5 Å². The minimum absolute atomic E-state index is 0.0477. The van der Waals surface area contributed by atoms with Gasteiger partial charge in [0, 0.05) is 30.9 Å². The number of aromatic nitrogens is 1. The summed E-state index contributed by atoms with van der Waals surface area (Å²) in [5.74, 6) is 1.51. The SMILES string of the molecule is Cc1oc(C2CCCCC2)nc1CCOc1ccc(CCC(=O)O)c(C(=O)NCc2ccccc2)c1. The molecular formula is C29H34N2O5. The Balaban J connectivity index is 1.40. The van der Waals surface area contributed by atoms with Gasteiger partial charge in [0.15, 0.2) is 5.89 Å². The number of benzene rings is 2. The van der Waals surface area contributed by atoms with Crippen LogP contribution in [-0.2, 0) is 24.2 Å². The van der Waals surface area contributed by atoms with Crippen molar-refractivity contribution in [2.75, 3.05) is 6.61 Å². The summed E-state index contributed by atoms with van der Waals surface area (Å²) in [4.78, 5) is 28.8. The normalized spacial score (nSPS) is 13.9. The van der Waals surface area contributed by atoms with Gasteiger partial charge in [-0.25, -0.2) is 4.98 Å². The van der Waals surface area contributed by atoms with Crippen LogP contribution in [-0.4, -0.2) is 28.6 Å². The molecule has 0 bridgehead atoms. The lowest BCUT2D eigenvalue weighted by Gasteiger charge is -2.17. The van der Waals surface area contributed by atoms with Gasteiger partial charge >= 0.3 is 5.97 Å². The molecule has 1 heterocycles. The lowest BCUT2D eigenvalue weighted by molar-refractivity contribution is -0.136. The maximum atomic E-state index is 13.0. The van der Waals surface area contributed by atoms with Crippen LogP contribution in [0.15, 0.2) is 52.9 Å². The molecule has 3 aromatic rings. The number of carbonyl (C=O) groups excluding carboxylic acids is 1. The molecule has 0 saturated heterocycles. The van der Waals surface area contributed by atoms with Crippen molar-refractivity contribution in [1.29, 1.82) is 0 Å². The fraction of sp³-hybridized carbons (Fsp3) is 0.414. The van der Waals surface area contributed by atoms with E-state index < -0.39 is 5.97 Å². The molecule has 1 fully saturated rings. The summed E-state index contributed by atoms with van der Waals surface area (Å²) in [7, 11) is 0. The molecule has 1 aliphatic carbocycles. The van der Waals surface area contributed by atoms with Crippen LogP contribution in [0.25, 0.3) is 0 Å². The van der Waals surface area contributed by atoms with Gasteiger partial charge in [-0.2, -0.15) is 0 Å². The number of aryl methyl sites for hydroxylation is 2. The molecular weight excluding hydrogens is 456 g/mol. The van der Waals surface area contributed by atoms with Crippen LogP contribution in [0.4, 0.5) is 0 Å². The quantitative estimate of drug-likeness (QED) is 0.363. The molecule has 1 aliphatic rings. The van der Waals surface area contributed by atoms with E-state index >= 15 is 0 Å². The summed E-state index contributed by atoms with van der Waals surface area (Å²) < 4.78 is 11.9. The molecule has 0 radical (unpaired) electrons. The van der Waals surface area contributed by atoms with Gasteiger partial charge in [0.05, 0.1) is 12.3 Å². The van der Waals surface area contributed by atoms with Gasteiger partial charge in [-0.3, -0.25) is 9.59 Å². The number of carboxylic acid groups (broad SMARTS) is 1. The van der Waals surface area contributed by atoms with Crippen molar-refractivity contribution < 1.29 is 23.8 Å². The Kier molecular flexibility index (Phi) is 8.76. The third-order valence-electron chi connectivity index (χ3n) is 6.70. The summed E-state index contributed by atoms with van der Waals surface area (Å²) in [5.41, 5.74) is 3.01. The first-order chi connectivity index (χ1) is 17.5. The third kappa shape index (κ3) is 6.97. The highest BCUT2D eigenvalue weighted by molar-refractivity contribution is 5.96. The number of aliphatic carboxylic acids is 1. The number of ether oxygens (including phenoxy) is 1. The highest BCUT2D eigenvalue weighted by Crippen LogP contribution is 2.33. The van der Waals surface area contributed by atoms with Crippen LogP contribution < -0.4 is 10.1 Å². The Bertz CT molecular complexity index is 1170. The molecule has 4 rings (SSSR count). The van der Waals surface area contributed by atoms with Crippen LogP contribution >= 0.6 is 0 Å². The van der Waals surface area contributed by atoms with E-state index in [1.807, 2.05) is 37.3 Å². The Labute approximate surface area is 211 Å². The maximum absolute atomic E-state index is 13.0. The monoisotopic (exact) mass is 490 g/mol. The fourth-order valence-electron chi connectivity index (χ4n) is 4.66. The molecule has 0 spiro atoms. The number of carboxylic acids is 1. The number of hydrogen-bond donors (Lipinski definition) is 2. The Hall–Kier alpha value is -3.61. The zero-order valence-corrected chi connectivity index (χ0v) is 20.8. The van der Waals surface area contributed by atoms with Crippen molar-refractivity contribution in [2.45, 2.75) is 70.8 Å². The van der Waals surface area contributed by atoms with Gasteiger partial charge in [0.2, 0.25) is 0 Å². The standard InChI is InChI=1S/C29H34N2O5/c1-20-26(31-29(36-20)23-10-6-3-7-11-23)16-17-35-24-14-12-22(13-15-27(32)33)25(18-24)28(34)30-19-21-8-4-2-5-9-21/h2,4-5,8-9,12,14,18,23H,3,6-7,10-11,13,15-17,19H2,1H3,(H,30,34)(H,32,33). The number of hydrogen-bond acceptors (Lipinski definition) is 5. The van der Waals surface area contributed by atoms with Crippen LogP contribution in [0.5, 0.6) is 5.75 Å². The fourth-order valence-corrected chi connectivity index (χ4v) is 4.66. The van der Waals surface area contributed by atoms with Crippen LogP contribution in [0.1, 0.15) is 83.3 Å². The molecule has 7 nitrogen and oxygen atoms in total. The number of oxazole rings is 1. The van der Waals surface area contributed by atoms with Gasteiger partial charge in [-0.15, -0.1) is 0 Å². The summed E-state index contributed by atoms with van der Waals surface area (Å²) in [5, 5.41) is 12.0. The first kappa shape index (κ1) is 25.5. The zero-order chi connectivity index (χ0) is 25.3. The van der Waals surface area contributed by atoms with E-state index in [1.165, 1.54) is 19.3 Å². The van der Waals surface area contributed by atoms with E-state index in [1.54, 1.807) is 18.2 Å². The summed E-state index contributed by atoms with van der Waals surface area (Å²) in [6, 6.07) is 14.9. The van der Waals surface area contributed by atoms with Crippen LogP contribution in [0.2, 0.25) is 0 Å². The summed E-state index contributed by atoms with van der Waals surface area (Å²) in [6.45, 7) is 2.73. The molecule has 1 saturated carbocycles. The molecule has 0 aliphatic heterocycles. The van der Waals surface area contributed by atoms with E-state index in [0.717, 1.165) is 35.7 Å². The van der Waals surface area contributed by atoms with E-state index in [2.05, 4.69) is 5.32 Å². The molecule has 1 amide bonds. The number of nitrogens with one attached hydrogen (secondary N) is 1. The van der Waals surface area contributed by atoms with Gasteiger partial charge in [-0.05, 0) is 49.4 Å². The number of nitrogens with zero attached hydrogens (tertiary/aromatic N) is 1. The first-order valence-electron chi connectivity index (χ1n) is 12.8. The second-order valence-corrected chi connectivity index (χ2v) is 9.37. The van der Waals surface area contributed by atoms with E-state index in [0.29, 0.717) is 42.4 Å². The van der Waals surface area contributed by atoms with E-state index in [4.69, 9.17) is 19.2 Å². The highest BCUT2D eigenvalue weighted by atomic mass is 16.5. The summed E-state index contributed by atoms with van der Waals surface area (Å²) >= 11 is 0. The van der Waals surface area contributed by atoms with Crippen molar-refractivity contribution in [3.63, 3.8) is 0 Å². The van der Waals surface area contributed by atoms with Crippen molar-refractivity contribution in [3.8, 4) is 5.75 Å². The second-order valence-electron chi connectivity index (χ2n) is 9.37. The zero-order valence-electron chi connectivity index (χ0n) is 20.8. The van der Waals surface area contributed by atoms with E-state index in [-0.39, 0.29) is 18.7 Å². The molecule has 7 heteroatoms. The predicted octanol–water partition coefficient (Wildman–Crippen LogP) is 5.60.